The van der Waals surface area contributed by atoms with E-state index in [1.807, 2.05) is 6.07 Å². The van der Waals surface area contributed by atoms with Gasteiger partial charge in [-0.25, -0.2) is 4.98 Å². The van der Waals surface area contributed by atoms with Gasteiger partial charge in [-0.2, -0.15) is 0 Å². The normalized spacial score (nSPS) is 15.0. The van der Waals surface area contributed by atoms with Crippen LogP contribution in [0.1, 0.15) is 5.82 Å². The number of hydrogen-bond donors (Lipinski definition) is 1. The van der Waals surface area contributed by atoms with E-state index in [0.717, 1.165) is 26.2 Å². The van der Waals surface area contributed by atoms with E-state index in [-0.39, 0.29) is 5.56 Å². The number of rotatable bonds is 5. The highest BCUT2D eigenvalue weighted by Crippen LogP contribution is 2.30. The summed E-state index contributed by atoms with van der Waals surface area (Å²) in [5.74, 6) is 1.75. The first-order valence-corrected chi connectivity index (χ1v) is 9.35. The van der Waals surface area contributed by atoms with E-state index >= 15 is 0 Å². The summed E-state index contributed by atoms with van der Waals surface area (Å²) in [5, 5.41) is 0.496. The summed E-state index contributed by atoms with van der Waals surface area (Å²) >= 11 is 0. The molecule has 0 bridgehead atoms. The van der Waals surface area contributed by atoms with Crippen molar-refractivity contribution in [2.45, 2.75) is 6.54 Å². The van der Waals surface area contributed by atoms with Crippen molar-refractivity contribution < 1.29 is 9.47 Å². The molecule has 4 rings (SSSR count). The number of ether oxygens (including phenoxy) is 2. The number of piperazine rings is 1. The number of nitrogens with zero attached hydrogens (tertiary/aromatic N) is 3. The van der Waals surface area contributed by atoms with Gasteiger partial charge in [-0.3, -0.25) is 9.69 Å². The third-order valence-electron chi connectivity index (χ3n) is 5.13. The second-order valence-corrected chi connectivity index (χ2v) is 6.84. The van der Waals surface area contributed by atoms with Gasteiger partial charge in [0.25, 0.3) is 5.56 Å². The van der Waals surface area contributed by atoms with Crippen LogP contribution in [0.15, 0.2) is 47.3 Å². The lowest BCUT2D eigenvalue weighted by Gasteiger charge is -2.35. The lowest BCUT2D eigenvalue weighted by molar-refractivity contribution is 0.244. The van der Waals surface area contributed by atoms with Gasteiger partial charge in [0.15, 0.2) is 11.5 Å². The van der Waals surface area contributed by atoms with Crippen molar-refractivity contribution in [2.75, 3.05) is 45.3 Å². The Balaban J connectivity index is 1.50. The van der Waals surface area contributed by atoms with Crippen LogP contribution in [0.4, 0.5) is 5.69 Å². The summed E-state index contributed by atoms with van der Waals surface area (Å²) in [6.07, 6.45) is 0. The summed E-state index contributed by atoms with van der Waals surface area (Å²) in [6.45, 7) is 4.35. The highest BCUT2D eigenvalue weighted by molar-refractivity contribution is 5.81. The Morgan fingerprint density at radius 3 is 2.36 bits per heavy atom. The van der Waals surface area contributed by atoms with Crippen molar-refractivity contribution in [3.8, 4) is 11.5 Å². The lowest BCUT2D eigenvalue weighted by atomic mass is 10.2. The average Bonchev–Trinajstić information content (AvgIpc) is 2.74. The first kappa shape index (κ1) is 18.3. The molecule has 7 nitrogen and oxygen atoms in total. The molecule has 0 spiro atoms. The first-order valence-electron chi connectivity index (χ1n) is 9.35. The lowest BCUT2D eigenvalue weighted by Crippen LogP contribution is -2.46. The monoisotopic (exact) mass is 380 g/mol. The van der Waals surface area contributed by atoms with Crippen LogP contribution in [-0.4, -0.2) is 55.3 Å². The number of benzene rings is 2. The number of aromatic nitrogens is 2. The van der Waals surface area contributed by atoms with Crippen LogP contribution in [0.2, 0.25) is 0 Å². The van der Waals surface area contributed by atoms with Crippen molar-refractivity contribution in [1.29, 1.82) is 0 Å². The van der Waals surface area contributed by atoms with Crippen LogP contribution in [-0.2, 0) is 6.54 Å². The molecule has 2 heterocycles. The molecule has 1 aromatic heterocycles. The molecule has 0 amide bonds. The van der Waals surface area contributed by atoms with E-state index in [9.17, 15) is 4.79 Å². The number of para-hydroxylation sites is 1. The van der Waals surface area contributed by atoms with Gasteiger partial charge in [-0.05, 0) is 18.2 Å². The van der Waals surface area contributed by atoms with Crippen LogP contribution in [0.3, 0.4) is 0 Å². The summed E-state index contributed by atoms with van der Waals surface area (Å²) < 4.78 is 10.6. The predicted molar refractivity (Wildman–Crippen MR) is 109 cm³/mol. The standard InChI is InChI=1S/C21H24N4O3/c1-27-18-12-16-17(13-19(18)28-2)22-20(23-21(16)26)14-24-8-10-25(11-9-24)15-6-4-3-5-7-15/h3-7,12-13H,8-11,14H2,1-2H3,(H,22,23,26). The Hall–Kier alpha value is -3.06. The van der Waals surface area contributed by atoms with Crippen molar-refractivity contribution in [2.24, 2.45) is 0 Å². The van der Waals surface area contributed by atoms with Gasteiger partial charge < -0.3 is 19.4 Å². The molecule has 1 aliphatic rings. The van der Waals surface area contributed by atoms with E-state index < -0.39 is 0 Å². The van der Waals surface area contributed by atoms with Crippen LogP contribution in [0.5, 0.6) is 11.5 Å². The molecule has 3 aromatic rings. The third kappa shape index (κ3) is 3.66. The minimum Gasteiger partial charge on any atom is -0.493 e. The molecule has 0 atom stereocenters. The van der Waals surface area contributed by atoms with Crippen molar-refractivity contribution in [1.82, 2.24) is 14.9 Å². The number of aromatic amines is 1. The molecule has 0 unspecified atom stereocenters. The zero-order valence-corrected chi connectivity index (χ0v) is 16.1. The van der Waals surface area contributed by atoms with Gasteiger partial charge >= 0.3 is 0 Å². The Bertz CT molecular complexity index is 1010. The van der Waals surface area contributed by atoms with Crippen LogP contribution >= 0.6 is 0 Å². The first-order chi connectivity index (χ1) is 13.7. The zero-order valence-electron chi connectivity index (χ0n) is 16.1. The molecule has 0 saturated carbocycles. The molecule has 2 aromatic carbocycles. The number of anilines is 1. The van der Waals surface area contributed by atoms with Crippen LogP contribution in [0, 0.1) is 0 Å². The van der Waals surface area contributed by atoms with Crippen LogP contribution < -0.4 is 19.9 Å². The fraction of sp³-hybridized carbons (Fsp3) is 0.333. The molecule has 0 aliphatic carbocycles. The van der Waals surface area contributed by atoms with Gasteiger partial charge in [-0.1, -0.05) is 18.2 Å². The number of methoxy groups -OCH3 is 2. The SMILES string of the molecule is COc1cc2nc(CN3CCN(c4ccccc4)CC3)[nH]c(=O)c2cc1OC. The summed E-state index contributed by atoms with van der Waals surface area (Å²) in [6, 6.07) is 13.9. The van der Waals surface area contributed by atoms with Gasteiger partial charge in [0.1, 0.15) is 5.82 Å². The number of hydrogen-bond acceptors (Lipinski definition) is 6. The second-order valence-electron chi connectivity index (χ2n) is 6.84. The molecule has 146 valence electrons. The fourth-order valence-electron chi connectivity index (χ4n) is 3.60. The second kappa shape index (κ2) is 7.90. The van der Waals surface area contributed by atoms with E-state index in [2.05, 4.69) is 44.0 Å². The number of H-pyrrole nitrogens is 1. The quantitative estimate of drug-likeness (QED) is 0.732. The highest BCUT2D eigenvalue weighted by atomic mass is 16.5. The molecule has 1 fully saturated rings. The Labute approximate surface area is 163 Å². The average molecular weight is 380 g/mol. The minimum atomic E-state index is -0.163. The molecule has 1 saturated heterocycles. The van der Waals surface area contributed by atoms with E-state index in [1.54, 1.807) is 26.4 Å². The Morgan fingerprint density at radius 2 is 1.68 bits per heavy atom. The fourth-order valence-corrected chi connectivity index (χ4v) is 3.60. The minimum absolute atomic E-state index is 0.163. The molecular weight excluding hydrogens is 356 g/mol. The van der Waals surface area contributed by atoms with Crippen molar-refractivity contribution in [3.05, 3.63) is 58.6 Å². The van der Waals surface area contributed by atoms with E-state index in [1.165, 1.54) is 5.69 Å². The van der Waals surface area contributed by atoms with Gasteiger partial charge in [-0.15, -0.1) is 0 Å². The topological polar surface area (TPSA) is 70.7 Å². The maximum atomic E-state index is 12.5. The zero-order chi connectivity index (χ0) is 19.5. The van der Waals surface area contributed by atoms with Gasteiger partial charge in [0, 0.05) is 37.9 Å². The smallest absolute Gasteiger partial charge is 0.258 e. The van der Waals surface area contributed by atoms with Crippen molar-refractivity contribution >= 4 is 16.6 Å². The van der Waals surface area contributed by atoms with E-state index in [4.69, 9.17) is 9.47 Å². The highest BCUT2D eigenvalue weighted by Gasteiger charge is 2.18. The molecular formula is C21H24N4O3. The van der Waals surface area contributed by atoms with Gasteiger partial charge in [0.05, 0.1) is 31.7 Å². The summed E-state index contributed by atoms with van der Waals surface area (Å²) in [5.41, 5.74) is 1.70. The maximum Gasteiger partial charge on any atom is 0.258 e. The predicted octanol–water partition coefficient (Wildman–Crippen LogP) is 2.26. The Kier molecular flexibility index (Phi) is 5.16. The number of fused-ring (bicyclic) bond motifs is 1. The molecule has 1 N–H and O–H groups in total. The van der Waals surface area contributed by atoms with Crippen molar-refractivity contribution in [3.63, 3.8) is 0 Å². The maximum absolute atomic E-state index is 12.5. The number of nitrogens with one attached hydrogen (secondary N) is 1. The largest absolute Gasteiger partial charge is 0.493 e. The Morgan fingerprint density at radius 1 is 1.00 bits per heavy atom. The molecule has 28 heavy (non-hydrogen) atoms. The molecule has 1 aliphatic heterocycles. The molecule has 0 radical (unpaired) electrons. The van der Waals surface area contributed by atoms with E-state index in [0.29, 0.717) is 34.8 Å². The van der Waals surface area contributed by atoms with Crippen LogP contribution in [0.25, 0.3) is 10.9 Å². The summed E-state index contributed by atoms with van der Waals surface area (Å²) in [4.78, 5) is 24.8. The van der Waals surface area contributed by atoms with Gasteiger partial charge in [0.2, 0.25) is 0 Å². The third-order valence-corrected chi connectivity index (χ3v) is 5.13. The molecule has 7 heteroatoms. The summed E-state index contributed by atoms with van der Waals surface area (Å²) in [7, 11) is 3.12.